The summed E-state index contributed by atoms with van der Waals surface area (Å²) in [4.78, 5) is 14.4. The van der Waals surface area contributed by atoms with Crippen LogP contribution in [0.4, 0.5) is 11.4 Å². The molecular weight excluding hydrogens is 380 g/mol. The number of nitro benzene ring substituents is 1. The second kappa shape index (κ2) is 8.32. The van der Waals surface area contributed by atoms with E-state index in [4.69, 9.17) is 0 Å². The molecule has 0 saturated heterocycles. The molecule has 2 aromatic carbocycles. The number of anilines is 1. The van der Waals surface area contributed by atoms with Crippen LogP contribution in [0, 0.1) is 17.0 Å². The van der Waals surface area contributed by atoms with E-state index in [1.54, 1.807) is 6.20 Å². The fourth-order valence-electron chi connectivity index (χ4n) is 2.78. The molecule has 0 spiro atoms. The Bertz CT molecular complexity index is 1120. The van der Waals surface area contributed by atoms with Crippen molar-refractivity contribution in [2.24, 2.45) is 0 Å². The van der Waals surface area contributed by atoms with Crippen molar-refractivity contribution < 1.29 is 13.3 Å². The molecule has 0 amide bonds. The maximum Gasteiger partial charge on any atom is 0.270 e. The first kappa shape index (κ1) is 19.7. The minimum absolute atomic E-state index is 0.120. The number of non-ortho nitro benzene ring substituents is 1. The number of nitro groups is 1. The van der Waals surface area contributed by atoms with E-state index in [-0.39, 0.29) is 17.1 Å². The Morgan fingerprint density at radius 1 is 1.11 bits per heavy atom. The minimum atomic E-state index is -3.79. The van der Waals surface area contributed by atoms with Crippen molar-refractivity contribution in [3.05, 3.63) is 70.4 Å². The van der Waals surface area contributed by atoms with E-state index < -0.39 is 14.9 Å². The third-order valence-electron chi connectivity index (χ3n) is 4.20. The van der Waals surface area contributed by atoms with Crippen molar-refractivity contribution in [3.63, 3.8) is 0 Å². The van der Waals surface area contributed by atoms with Crippen LogP contribution in [0.2, 0.25) is 0 Å². The molecule has 0 unspecified atom stereocenters. The smallest absolute Gasteiger partial charge is 0.270 e. The van der Waals surface area contributed by atoms with Gasteiger partial charge in [0.05, 0.1) is 15.3 Å². The molecule has 0 radical (unpaired) electrons. The number of benzene rings is 2. The number of aromatic nitrogens is 1. The number of sulfonamides is 1. The molecule has 0 atom stereocenters. The van der Waals surface area contributed by atoms with Crippen molar-refractivity contribution in [1.29, 1.82) is 0 Å². The van der Waals surface area contributed by atoms with Gasteiger partial charge in [-0.2, -0.15) is 0 Å². The van der Waals surface area contributed by atoms with Gasteiger partial charge in [0.25, 0.3) is 5.69 Å². The summed E-state index contributed by atoms with van der Waals surface area (Å²) in [5.41, 5.74) is 2.71. The van der Waals surface area contributed by atoms with Gasteiger partial charge in [-0.1, -0.05) is 18.2 Å². The van der Waals surface area contributed by atoms with E-state index in [2.05, 4.69) is 15.0 Å². The average molecular weight is 400 g/mol. The molecule has 1 aromatic heterocycles. The number of rotatable bonds is 8. The molecule has 9 heteroatoms. The average Bonchev–Trinajstić information content (AvgIpc) is 2.67. The number of pyridine rings is 1. The number of aryl methyl sites for hydroxylation is 1. The number of nitrogens with one attached hydrogen (secondary N) is 2. The first-order chi connectivity index (χ1) is 13.4. The first-order valence-corrected chi connectivity index (χ1v) is 10.2. The quantitative estimate of drug-likeness (QED) is 0.341. The van der Waals surface area contributed by atoms with Gasteiger partial charge >= 0.3 is 0 Å². The van der Waals surface area contributed by atoms with Gasteiger partial charge in [0.15, 0.2) is 0 Å². The normalized spacial score (nSPS) is 11.5. The Labute approximate surface area is 162 Å². The molecule has 0 aliphatic carbocycles. The Morgan fingerprint density at radius 3 is 2.71 bits per heavy atom. The summed E-state index contributed by atoms with van der Waals surface area (Å²) in [5.74, 6) is 0. The number of nitrogens with zero attached hydrogens (tertiary/aromatic N) is 2. The van der Waals surface area contributed by atoms with Crippen molar-refractivity contribution in [1.82, 2.24) is 9.71 Å². The minimum Gasteiger partial charge on any atom is -0.384 e. The first-order valence-electron chi connectivity index (χ1n) is 8.70. The molecule has 1 heterocycles. The Morgan fingerprint density at radius 2 is 1.93 bits per heavy atom. The molecule has 0 aliphatic heterocycles. The van der Waals surface area contributed by atoms with E-state index in [1.807, 2.05) is 31.2 Å². The number of hydrogen-bond acceptors (Lipinski definition) is 6. The summed E-state index contributed by atoms with van der Waals surface area (Å²) in [7, 11) is -3.79. The lowest BCUT2D eigenvalue weighted by atomic mass is 10.1. The van der Waals surface area contributed by atoms with Gasteiger partial charge in [-0.05, 0) is 37.1 Å². The maximum absolute atomic E-state index is 12.3. The fourth-order valence-corrected chi connectivity index (χ4v) is 3.89. The van der Waals surface area contributed by atoms with Gasteiger partial charge in [-0.15, -0.1) is 0 Å². The van der Waals surface area contributed by atoms with E-state index in [0.717, 1.165) is 28.2 Å². The van der Waals surface area contributed by atoms with Crippen molar-refractivity contribution in [2.45, 2.75) is 18.2 Å². The van der Waals surface area contributed by atoms with Gasteiger partial charge in [-0.25, -0.2) is 13.1 Å². The Hall–Kier alpha value is -3.04. The van der Waals surface area contributed by atoms with Crippen LogP contribution in [0.1, 0.15) is 12.0 Å². The van der Waals surface area contributed by atoms with Crippen molar-refractivity contribution in [3.8, 4) is 0 Å². The zero-order valence-electron chi connectivity index (χ0n) is 15.3. The third kappa shape index (κ3) is 4.62. The predicted octanol–water partition coefficient (Wildman–Crippen LogP) is 3.23. The highest BCUT2D eigenvalue weighted by Gasteiger charge is 2.16. The largest absolute Gasteiger partial charge is 0.384 e. The lowest BCUT2D eigenvalue weighted by Gasteiger charge is -2.10. The zero-order valence-corrected chi connectivity index (χ0v) is 16.1. The van der Waals surface area contributed by atoms with Crippen LogP contribution in [0.5, 0.6) is 0 Å². The van der Waals surface area contributed by atoms with Gasteiger partial charge in [-0.3, -0.25) is 15.1 Å². The van der Waals surface area contributed by atoms with Crippen LogP contribution in [-0.2, 0) is 10.0 Å². The molecule has 0 bridgehead atoms. The van der Waals surface area contributed by atoms with E-state index in [9.17, 15) is 18.5 Å². The SMILES string of the molecule is Cc1ccc2c(NCCCNS(=O)(=O)c3cccc([N+](=O)[O-])c3)ccnc2c1. The summed E-state index contributed by atoms with van der Waals surface area (Å²) in [5, 5.41) is 15.1. The highest BCUT2D eigenvalue weighted by molar-refractivity contribution is 7.89. The lowest BCUT2D eigenvalue weighted by Crippen LogP contribution is -2.26. The monoisotopic (exact) mass is 400 g/mol. The van der Waals surface area contributed by atoms with Gasteiger partial charge < -0.3 is 5.32 Å². The van der Waals surface area contributed by atoms with Gasteiger partial charge in [0, 0.05) is 42.5 Å². The van der Waals surface area contributed by atoms with E-state index >= 15 is 0 Å². The zero-order chi connectivity index (χ0) is 20.1. The van der Waals surface area contributed by atoms with Crippen LogP contribution >= 0.6 is 0 Å². The third-order valence-corrected chi connectivity index (χ3v) is 5.66. The molecule has 0 aliphatic rings. The number of hydrogen-bond donors (Lipinski definition) is 2. The topological polar surface area (TPSA) is 114 Å². The molecule has 28 heavy (non-hydrogen) atoms. The van der Waals surface area contributed by atoms with Crippen molar-refractivity contribution >= 4 is 32.3 Å². The molecule has 2 N–H and O–H groups in total. The van der Waals surface area contributed by atoms with Crippen LogP contribution < -0.4 is 10.0 Å². The summed E-state index contributed by atoms with van der Waals surface area (Å²) in [6.45, 7) is 2.78. The van der Waals surface area contributed by atoms with Crippen LogP contribution in [0.25, 0.3) is 10.9 Å². The Balaban J connectivity index is 1.56. The standard InChI is InChI=1S/C19H20N4O4S/c1-14-6-7-17-18(8-11-21-19(17)12-14)20-9-3-10-22-28(26,27)16-5-2-4-15(13-16)23(24)25/h2,4-8,11-13,22H,3,9-10H2,1H3,(H,20,21). The molecule has 3 rings (SSSR count). The Kier molecular flexibility index (Phi) is 5.86. The van der Waals surface area contributed by atoms with Crippen LogP contribution in [0.15, 0.2) is 59.6 Å². The van der Waals surface area contributed by atoms with Gasteiger partial charge in [0.2, 0.25) is 10.0 Å². The van der Waals surface area contributed by atoms with Crippen LogP contribution in [0.3, 0.4) is 0 Å². The predicted molar refractivity (Wildman–Crippen MR) is 108 cm³/mol. The molecule has 3 aromatic rings. The molecule has 0 saturated carbocycles. The second-order valence-corrected chi connectivity index (χ2v) is 8.08. The molecular formula is C19H20N4O4S. The molecule has 8 nitrogen and oxygen atoms in total. The molecule has 146 valence electrons. The second-order valence-electron chi connectivity index (χ2n) is 6.31. The molecule has 0 fully saturated rings. The summed E-state index contributed by atoms with van der Waals surface area (Å²) < 4.78 is 27.0. The fraction of sp³-hybridized carbons (Fsp3) is 0.211. The summed E-state index contributed by atoms with van der Waals surface area (Å²) in [6.07, 6.45) is 2.28. The van der Waals surface area contributed by atoms with Crippen molar-refractivity contribution in [2.75, 3.05) is 18.4 Å². The van der Waals surface area contributed by atoms with Crippen LogP contribution in [-0.4, -0.2) is 31.4 Å². The highest BCUT2D eigenvalue weighted by atomic mass is 32.2. The van der Waals surface area contributed by atoms with Gasteiger partial charge in [0.1, 0.15) is 0 Å². The summed E-state index contributed by atoms with van der Waals surface area (Å²) >= 11 is 0. The van der Waals surface area contributed by atoms with E-state index in [1.165, 1.54) is 18.2 Å². The van der Waals surface area contributed by atoms with E-state index in [0.29, 0.717) is 13.0 Å². The summed E-state index contributed by atoms with van der Waals surface area (Å²) in [6, 6.07) is 12.9. The lowest BCUT2D eigenvalue weighted by molar-refractivity contribution is -0.385. The maximum atomic E-state index is 12.3. The highest BCUT2D eigenvalue weighted by Crippen LogP contribution is 2.22. The number of fused-ring (bicyclic) bond motifs is 1.